The summed E-state index contributed by atoms with van der Waals surface area (Å²) >= 11 is 1.03. The monoisotopic (exact) mass is 579 g/mol. The van der Waals surface area contributed by atoms with Gasteiger partial charge in [0.1, 0.15) is 18.3 Å². The standard InChI is InChI=1S/C30H34FN5O4S/c1-3-19-16-36(25-23(38)17-40-26(19)25)30(18-37,22-6-4-5-7-22)33-28(39)21-10-8-20(9-11-21)24-27(31)41-29(32-24)35-14-12-34(2)13-15-35/h1,8-11,18-19,22,25-26H,4-7,12-17H2,2H3,(H,33,39). The van der Waals surface area contributed by atoms with Gasteiger partial charge in [-0.1, -0.05) is 42.2 Å². The molecule has 41 heavy (non-hydrogen) atoms. The van der Waals surface area contributed by atoms with Crippen LogP contribution >= 0.6 is 11.3 Å². The molecule has 3 saturated heterocycles. The fraction of sp³-hybridized carbons (Fsp3) is 0.533. The number of aromatic nitrogens is 1. The molecule has 1 aromatic heterocycles. The minimum atomic E-state index is -1.39. The van der Waals surface area contributed by atoms with Crippen LogP contribution in [0.15, 0.2) is 24.3 Å². The van der Waals surface area contributed by atoms with Gasteiger partial charge in [-0.2, -0.15) is 4.39 Å². The lowest BCUT2D eigenvalue weighted by Gasteiger charge is -2.44. The summed E-state index contributed by atoms with van der Waals surface area (Å²) in [6.07, 6.45) is 9.43. The topological polar surface area (TPSA) is 95.1 Å². The molecule has 2 aromatic rings. The number of piperazine rings is 1. The van der Waals surface area contributed by atoms with Gasteiger partial charge in [-0.25, -0.2) is 4.98 Å². The van der Waals surface area contributed by atoms with Gasteiger partial charge in [0, 0.05) is 49.8 Å². The van der Waals surface area contributed by atoms with Crippen LogP contribution in [0, 0.1) is 29.3 Å². The van der Waals surface area contributed by atoms with Crippen molar-refractivity contribution in [3.05, 3.63) is 35.0 Å². The molecule has 0 spiro atoms. The molecule has 4 atom stereocenters. The maximum Gasteiger partial charge on any atom is 0.253 e. The molecule has 216 valence electrons. The molecule has 4 aliphatic rings. The Hall–Kier alpha value is -3.17. The van der Waals surface area contributed by atoms with Crippen LogP contribution in [0.5, 0.6) is 0 Å². The smallest absolute Gasteiger partial charge is 0.253 e. The lowest BCUT2D eigenvalue weighted by Crippen LogP contribution is -2.68. The predicted molar refractivity (Wildman–Crippen MR) is 153 cm³/mol. The van der Waals surface area contributed by atoms with E-state index in [-0.39, 0.29) is 41.6 Å². The van der Waals surface area contributed by atoms with Gasteiger partial charge in [-0.3, -0.25) is 19.3 Å². The molecule has 3 aliphatic heterocycles. The van der Waals surface area contributed by atoms with E-state index in [0.29, 0.717) is 16.3 Å². The third-order valence-electron chi connectivity index (χ3n) is 9.11. The number of nitrogens with one attached hydrogen (secondary N) is 1. The summed E-state index contributed by atoms with van der Waals surface area (Å²) < 4.78 is 20.7. The van der Waals surface area contributed by atoms with Gasteiger partial charge in [0.25, 0.3) is 5.91 Å². The number of ether oxygens (including phenoxy) is 1. The molecule has 1 N–H and O–H groups in total. The van der Waals surface area contributed by atoms with Crippen LogP contribution in [-0.4, -0.2) is 96.9 Å². The van der Waals surface area contributed by atoms with E-state index < -0.39 is 23.7 Å². The van der Waals surface area contributed by atoms with Crippen LogP contribution < -0.4 is 10.2 Å². The zero-order valence-electron chi connectivity index (χ0n) is 23.1. The average Bonchev–Trinajstić information content (AvgIpc) is 3.79. The van der Waals surface area contributed by atoms with E-state index in [1.807, 2.05) is 0 Å². The second-order valence-corrected chi connectivity index (χ2v) is 12.4. The van der Waals surface area contributed by atoms with Gasteiger partial charge >= 0.3 is 0 Å². The van der Waals surface area contributed by atoms with E-state index in [2.05, 4.69) is 33.1 Å². The van der Waals surface area contributed by atoms with Crippen LogP contribution in [0.1, 0.15) is 36.0 Å². The number of carbonyl (C=O) groups is 3. The number of halogens is 1. The number of amides is 1. The Morgan fingerprint density at radius 1 is 1.22 bits per heavy atom. The first-order chi connectivity index (χ1) is 19.8. The maximum atomic E-state index is 14.9. The Bertz CT molecular complexity index is 1360. The highest BCUT2D eigenvalue weighted by atomic mass is 32.1. The van der Waals surface area contributed by atoms with Crippen molar-refractivity contribution in [2.75, 3.05) is 51.3 Å². The lowest BCUT2D eigenvalue weighted by atomic mass is 9.88. The van der Waals surface area contributed by atoms with E-state index in [1.54, 1.807) is 29.2 Å². The fourth-order valence-corrected chi connectivity index (χ4v) is 7.66. The normalized spacial score (nSPS) is 27.0. The number of rotatable bonds is 7. The number of thiazole rings is 1. The molecule has 1 saturated carbocycles. The number of terminal acetylenes is 1. The van der Waals surface area contributed by atoms with Crippen LogP contribution in [0.3, 0.4) is 0 Å². The molecule has 4 heterocycles. The number of nitrogens with zero attached hydrogens (tertiary/aromatic N) is 4. The minimum absolute atomic E-state index is 0.0529. The van der Waals surface area contributed by atoms with Crippen molar-refractivity contribution in [3.63, 3.8) is 0 Å². The number of likely N-dealkylation sites (N-methyl/N-ethyl adjacent to an activating group) is 1. The maximum absolute atomic E-state index is 14.9. The number of carbonyl (C=O) groups excluding carboxylic acids is 3. The Kier molecular flexibility index (Phi) is 7.68. The first-order valence-electron chi connectivity index (χ1n) is 14.2. The Labute approximate surface area is 243 Å². The Morgan fingerprint density at radius 3 is 2.59 bits per heavy atom. The number of anilines is 1. The number of aldehydes is 1. The summed E-state index contributed by atoms with van der Waals surface area (Å²) in [4.78, 5) is 50.2. The first-order valence-corrected chi connectivity index (χ1v) is 15.0. The van der Waals surface area contributed by atoms with Gasteiger partial charge in [0.2, 0.25) is 5.13 Å². The third kappa shape index (κ3) is 4.97. The van der Waals surface area contributed by atoms with Crippen molar-refractivity contribution in [2.45, 2.75) is 43.5 Å². The number of ketones is 1. The van der Waals surface area contributed by atoms with Crippen LogP contribution in [-0.2, 0) is 14.3 Å². The van der Waals surface area contributed by atoms with Crippen LogP contribution in [0.2, 0.25) is 0 Å². The number of likely N-dealkylation sites (tertiary alicyclic amines) is 1. The van der Waals surface area contributed by atoms with Crippen molar-refractivity contribution in [2.24, 2.45) is 11.8 Å². The Balaban J connectivity index is 1.24. The molecular formula is C30H34FN5O4S. The number of hydrogen-bond donors (Lipinski definition) is 1. The highest BCUT2D eigenvalue weighted by molar-refractivity contribution is 7.14. The van der Waals surface area contributed by atoms with E-state index in [9.17, 15) is 18.8 Å². The summed E-state index contributed by atoms with van der Waals surface area (Å²) in [6.45, 7) is 3.60. The number of fused-ring (bicyclic) bond motifs is 1. The zero-order valence-corrected chi connectivity index (χ0v) is 23.9. The van der Waals surface area contributed by atoms with Crippen molar-refractivity contribution < 1.29 is 23.5 Å². The molecular weight excluding hydrogens is 545 g/mol. The highest BCUT2D eigenvalue weighted by Crippen LogP contribution is 2.42. The Morgan fingerprint density at radius 2 is 1.93 bits per heavy atom. The fourth-order valence-electron chi connectivity index (χ4n) is 6.79. The van der Waals surface area contributed by atoms with Gasteiger partial charge in [-0.15, -0.1) is 6.42 Å². The van der Waals surface area contributed by atoms with Gasteiger partial charge in [0.15, 0.2) is 22.9 Å². The second kappa shape index (κ2) is 11.2. The summed E-state index contributed by atoms with van der Waals surface area (Å²) in [6, 6.07) is 5.90. The van der Waals surface area contributed by atoms with E-state index in [4.69, 9.17) is 11.2 Å². The first kappa shape index (κ1) is 28.0. The molecule has 1 amide bonds. The molecule has 1 aromatic carbocycles. The molecule has 11 heteroatoms. The molecule has 4 unspecified atom stereocenters. The number of hydrogen-bond acceptors (Lipinski definition) is 9. The number of benzene rings is 1. The highest BCUT2D eigenvalue weighted by Gasteiger charge is 2.59. The van der Waals surface area contributed by atoms with Crippen molar-refractivity contribution in [1.82, 2.24) is 20.1 Å². The van der Waals surface area contributed by atoms with Crippen molar-refractivity contribution in [3.8, 4) is 23.6 Å². The summed E-state index contributed by atoms with van der Waals surface area (Å²) in [5.41, 5.74) is -0.234. The SMILES string of the molecule is C#CC1CN(C(C=O)(NC(=O)c2ccc(-c3nc(N4CCN(C)CC4)sc3F)cc2)C2CCCC2)C2C(=O)COC12. The quantitative estimate of drug-likeness (QED) is 0.395. The summed E-state index contributed by atoms with van der Waals surface area (Å²) in [7, 11) is 2.06. The predicted octanol–water partition coefficient (Wildman–Crippen LogP) is 2.42. The molecule has 0 bridgehead atoms. The van der Waals surface area contributed by atoms with Gasteiger partial charge in [-0.05, 0) is 32.0 Å². The number of Topliss-reactive ketones (excluding diaryl/α,β-unsaturated/α-hetero) is 1. The van der Waals surface area contributed by atoms with E-state index >= 15 is 0 Å². The molecule has 0 radical (unpaired) electrons. The molecule has 4 fully saturated rings. The van der Waals surface area contributed by atoms with E-state index in [0.717, 1.165) is 69.5 Å². The van der Waals surface area contributed by atoms with Crippen molar-refractivity contribution in [1.29, 1.82) is 0 Å². The van der Waals surface area contributed by atoms with E-state index in [1.165, 1.54) is 0 Å². The lowest BCUT2D eigenvalue weighted by molar-refractivity contribution is -0.131. The van der Waals surface area contributed by atoms with Crippen molar-refractivity contribution >= 4 is 34.4 Å². The van der Waals surface area contributed by atoms with Crippen LogP contribution in [0.25, 0.3) is 11.3 Å². The van der Waals surface area contributed by atoms with Gasteiger partial charge < -0.3 is 19.9 Å². The summed E-state index contributed by atoms with van der Waals surface area (Å²) in [5.74, 6) is 1.63. The third-order valence-corrected chi connectivity index (χ3v) is 10.0. The second-order valence-electron chi connectivity index (χ2n) is 11.5. The minimum Gasteiger partial charge on any atom is -0.367 e. The summed E-state index contributed by atoms with van der Waals surface area (Å²) in [5, 5.41) is 3.31. The zero-order chi connectivity index (χ0) is 28.7. The largest absolute Gasteiger partial charge is 0.367 e. The molecule has 6 rings (SSSR count). The molecule has 9 nitrogen and oxygen atoms in total. The van der Waals surface area contributed by atoms with Gasteiger partial charge in [0.05, 0.1) is 12.0 Å². The average molecular weight is 580 g/mol. The molecule has 1 aliphatic carbocycles. The van der Waals surface area contributed by atoms with Crippen LogP contribution in [0.4, 0.5) is 9.52 Å².